The molecule has 1 N–H and O–H groups in total. The highest BCUT2D eigenvalue weighted by Crippen LogP contribution is 2.14. The molecule has 0 atom stereocenters. The van der Waals surface area contributed by atoms with Crippen molar-refractivity contribution >= 4 is 5.69 Å². The molecule has 0 saturated carbocycles. The maximum Gasteiger partial charge on any atom is 0.0421 e. The standard InChI is InChI=1S/C11H18N2/c1-5-9-8-10(6-7-12-9)13-11(2,3)4/h6-8H,5H2,1-4H3,(H,12,13). The van der Waals surface area contributed by atoms with Gasteiger partial charge in [-0.05, 0) is 39.3 Å². The Hall–Kier alpha value is -1.05. The topological polar surface area (TPSA) is 24.9 Å². The van der Waals surface area contributed by atoms with Crippen LogP contribution in [0.3, 0.4) is 0 Å². The summed E-state index contributed by atoms with van der Waals surface area (Å²) < 4.78 is 0. The maximum absolute atomic E-state index is 4.25. The Morgan fingerprint density at radius 3 is 2.62 bits per heavy atom. The van der Waals surface area contributed by atoms with Crippen LogP contribution in [0.1, 0.15) is 33.4 Å². The van der Waals surface area contributed by atoms with Crippen molar-refractivity contribution < 1.29 is 0 Å². The predicted octanol–water partition coefficient (Wildman–Crippen LogP) is 2.85. The molecular weight excluding hydrogens is 160 g/mol. The number of anilines is 1. The van der Waals surface area contributed by atoms with E-state index in [-0.39, 0.29) is 5.54 Å². The molecule has 1 rings (SSSR count). The van der Waals surface area contributed by atoms with E-state index < -0.39 is 0 Å². The quantitative estimate of drug-likeness (QED) is 0.753. The molecule has 0 bridgehead atoms. The Morgan fingerprint density at radius 2 is 2.08 bits per heavy atom. The Balaban J connectivity index is 2.78. The average Bonchev–Trinajstić information content (AvgIpc) is 2.01. The van der Waals surface area contributed by atoms with E-state index in [2.05, 4.69) is 44.1 Å². The zero-order valence-electron chi connectivity index (χ0n) is 8.89. The molecule has 2 heteroatoms. The molecule has 0 fully saturated rings. The zero-order chi connectivity index (χ0) is 9.90. The molecule has 0 aliphatic heterocycles. The molecule has 1 aromatic heterocycles. The molecule has 0 aliphatic rings. The molecule has 0 unspecified atom stereocenters. The van der Waals surface area contributed by atoms with Gasteiger partial charge in [0.15, 0.2) is 0 Å². The largest absolute Gasteiger partial charge is 0.380 e. The first kappa shape index (κ1) is 10.0. The molecule has 0 aliphatic carbocycles. The number of pyridine rings is 1. The number of nitrogens with one attached hydrogen (secondary N) is 1. The summed E-state index contributed by atoms with van der Waals surface area (Å²) in [4.78, 5) is 4.25. The van der Waals surface area contributed by atoms with Crippen LogP contribution in [0.25, 0.3) is 0 Å². The first-order valence-corrected chi connectivity index (χ1v) is 4.74. The molecule has 1 heterocycles. The van der Waals surface area contributed by atoms with Crippen molar-refractivity contribution in [2.45, 2.75) is 39.7 Å². The summed E-state index contributed by atoms with van der Waals surface area (Å²) in [6.07, 6.45) is 2.84. The lowest BCUT2D eigenvalue weighted by atomic mass is 10.1. The lowest BCUT2D eigenvalue weighted by Gasteiger charge is -2.22. The fourth-order valence-electron chi connectivity index (χ4n) is 1.18. The fourth-order valence-corrected chi connectivity index (χ4v) is 1.18. The van der Waals surface area contributed by atoms with Crippen molar-refractivity contribution in [2.24, 2.45) is 0 Å². The van der Waals surface area contributed by atoms with Crippen LogP contribution in [0, 0.1) is 0 Å². The van der Waals surface area contributed by atoms with E-state index in [1.165, 1.54) is 0 Å². The van der Waals surface area contributed by atoms with Crippen molar-refractivity contribution in [2.75, 3.05) is 5.32 Å². The maximum atomic E-state index is 4.25. The van der Waals surface area contributed by atoms with Gasteiger partial charge in [-0.15, -0.1) is 0 Å². The van der Waals surface area contributed by atoms with E-state index in [0.29, 0.717) is 0 Å². The Morgan fingerprint density at radius 1 is 1.38 bits per heavy atom. The zero-order valence-corrected chi connectivity index (χ0v) is 8.89. The number of aromatic nitrogens is 1. The molecule has 0 radical (unpaired) electrons. The minimum atomic E-state index is 0.117. The summed E-state index contributed by atoms with van der Waals surface area (Å²) in [5, 5.41) is 3.42. The first-order chi connectivity index (χ1) is 6.01. The van der Waals surface area contributed by atoms with Crippen LogP contribution < -0.4 is 5.32 Å². The third kappa shape index (κ3) is 3.45. The number of nitrogens with zero attached hydrogens (tertiary/aromatic N) is 1. The van der Waals surface area contributed by atoms with E-state index in [1.807, 2.05) is 12.3 Å². The van der Waals surface area contributed by atoms with Gasteiger partial charge in [0.1, 0.15) is 0 Å². The van der Waals surface area contributed by atoms with Gasteiger partial charge < -0.3 is 5.32 Å². The highest BCUT2D eigenvalue weighted by atomic mass is 15.0. The number of rotatable bonds is 2. The second-order valence-corrected chi connectivity index (χ2v) is 4.26. The van der Waals surface area contributed by atoms with Gasteiger partial charge in [0.25, 0.3) is 0 Å². The van der Waals surface area contributed by atoms with Crippen LogP contribution in [0.2, 0.25) is 0 Å². The van der Waals surface area contributed by atoms with Crippen molar-refractivity contribution in [1.82, 2.24) is 4.98 Å². The highest BCUT2D eigenvalue weighted by Gasteiger charge is 2.08. The monoisotopic (exact) mass is 178 g/mol. The van der Waals surface area contributed by atoms with Crippen LogP contribution in [-0.2, 0) is 6.42 Å². The Bertz CT molecular complexity index is 274. The minimum Gasteiger partial charge on any atom is -0.380 e. The molecule has 72 valence electrons. The number of aryl methyl sites for hydroxylation is 1. The summed E-state index contributed by atoms with van der Waals surface area (Å²) in [5.41, 5.74) is 2.40. The lowest BCUT2D eigenvalue weighted by molar-refractivity contribution is 0.633. The van der Waals surface area contributed by atoms with E-state index in [9.17, 15) is 0 Å². The van der Waals surface area contributed by atoms with Crippen LogP contribution in [-0.4, -0.2) is 10.5 Å². The third-order valence-corrected chi connectivity index (χ3v) is 1.70. The van der Waals surface area contributed by atoms with Gasteiger partial charge in [0, 0.05) is 23.1 Å². The van der Waals surface area contributed by atoms with E-state index in [4.69, 9.17) is 0 Å². The molecule has 0 saturated heterocycles. The fraction of sp³-hybridized carbons (Fsp3) is 0.545. The van der Waals surface area contributed by atoms with Crippen LogP contribution in [0.5, 0.6) is 0 Å². The van der Waals surface area contributed by atoms with Gasteiger partial charge in [-0.3, -0.25) is 4.98 Å². The minimum absolute atomic E-state index is 0.117. The molecular formula is C11H18N2. The summed E-state index contributed by atoms with van der Waals surface area (Å²) in [5.74, 6) is 0. The van der Waals surface area contributed by atoms with Gasteiger partial charge in [-0.25, -0.2) is 0 Å². The van der Waals surface area contributed by atoms with Gasteiger partial charge in [-0.1, -0.05) is 6.92 Å². The SMILES string of the molecule is CCc1cc(NC(C)(C)C)ccn1. The second-order valence-electron chi connectivity index (χ2n) is 4.26. The summed E-state index contributed by atoms with van der Waals surface area (Å²) >= 11 is 0. The van der Waals surface area contributed by atoms with Gasteiger partial charge >= 0.3 is 0 Å². The average molecular weight is 178 g/mol. The molecule has 1 aromatic rings. The molecule has 0 aromatic carbocycles. The van der Waals surface area contributed by atoms with Crippen molar-refractivity contribution in [3.63, 3.8) is 0 Å². The van der Waals surface area contributed by atoms with Crippen molar-refractivity contribution in [3.8, 4) is 0 Å². The highest BCUT2D eigenvalue weighted by molar-refractivity contribution is 5.45. The normalized spacial score (nSPS) is 11.4. The molecule has 0 spiro atoms. The smallest absolute Gasteiger partial charge is 0.0421 e. The van der Waals surface area contributed by atoms with E-state index in [1.54, 1.807) is 0 Å². The first-order valence-electron chi connectivity index (χ1n) is 4.74. The molecule has 13 heavy (non-hydrogen) atoms. The molecule has 2 nitrogen and oxygen atoms in total. The van der Waals surface area contributed by atoms with Crippen LogP contribution in [0.4, 0.5) is 5.69 Å². The van der Waals surface area contributed by atoms with Gasteiger partial charge in [0.05, 0.1) is 0 Å². The van der Waals surface area contributed by atoms with E-state index >= 15 is 0 Å². The molecule has 0 amide bonds. The van der Waals surface area contributed by atoms with E-state index in [0.717, 1.165) is 17.8 Å². The van der Waals surface area contributed by atoms with Crippen LogP contribution >= 0.6 is 0 Å². The van der Waals surface area contributed by atoms with Crippen molar-refractivity contribution in [3.05, 3.63) is 24.0 Å². The number of hydrogen-bond acceptors (Lipinski definition) is 2. The predicted molar refractivity (Wildman–Crippen MR) is 57.0 cm³/mol. The van der Waals surface area contributed by atoms with Crippen molar-refractivity contribution in [1.29, 1.82) is 0 Å². The third-order valence-electron chi connectivity index (χ3n) is 1.70. The number of hydrogen-bond donors (Lipinski definition) is 1. The summed E-state index contributed by atoms with van der Waals surface area (Å²) in [6.45, 7) is 8.57. The summed E-state index contributed by atoms with van der Waals surface area (Å²) in [6, 6.07) is 4.11. The van der Waals surface area contributed by atoms with Gasteiger partial charge in [0.2, 0.25) is 0 Å². The summed E-state index contributed by atoms with van der Waals surface area (Å²) in [7, 11) is 0. The second kappa shape index (κ2) is 3.77. The lowest BCUT2D eigenvalue weighted by Crippen LogP contribution is -2.26. The Labute approximate surface area is 80.4 Å². The Kier molecular flexibility index (Phi) is 2.91. The van der Waals surface area contributed by atoms with Gasteiger partial charge in [-0.2, -0.15) is 0 Å². The van der Waals surface area contributed by atoms with Crippen LogP contribution in [0.15, 0.2) is 18.3 Å².